The Labute approximate surface area is 114 Å². The summed E-state index contributed by atoms with van der Waals surface area (Å²) < 4.78 is 0.509. The molecule has 0 radical (unpaired) electrons. The van der Waals surface area contributed by atoms with Gasteiger partial charge < -0.3 is 5.32 Å². The lowest BCUT2D eigenvalue weighted by Crippen LogP contribution is -2.11. The molecule has 1 unspecified atom stereocenters. The van der Waals surface area contributed by atoms with E-state index in [1.165, 1.54) is 0 Å². The number of hydrogen-bond acceptors (Lipinski definition) is 4. The van der Waals surface area contributed by atoms with Gasteiger partial charge in [0, 0.05) is 10.6 Å². The van der Waals surface area contributed by atoms with Crippen LogP contribution in [-0.4, -0.2) is 16.1 Å². The summed E-state index contributed by atoms with van der Waals surface area (Å²) in [7, 11) is 0. The van der Waals surface area contributed by atoms with E-state index in [1.54, 1.807) is 23.5 Å². The van der Waals surface area contributed by atoms with Crippen molar-refractivity contribution in [2.75, 3.05) is 11.6 Å². The summed E-state index contributed by atoms with van der Waals surface area (Å²) in [5.74, 6) is 0.0531. The summed E-state index contributed by atoms with van der Waals surface area (Å²) >= 11 is 5.37. The molecule has 1 atom stereocenters. The molecule has 17 heavy (non-hydrogen) atoms. The van der Waals surface area contributed by atoms with Crippen LogP contribution in [0.1, 0.15) is 6.42 Å². The number of thioether (sulfide) groups is 3. The highest BCUT2D eigenvalue weighted by atomic mass is 32.3. The lowest BCUT2D eigenvalue weighted by atomic mass is 10.3. The maximum absolute atomic E-state index is 11.8. The van der Waals surface area contributed by atoms with Crippen LogP contribution in [0.15, 0.2) is 40.6 Å². The van der Waals surface area contributed by atoms with Crippen LogP contribution in [0, 0.1) is 0 Å². The van der Waals surface area contributed by atoms with Gasteiger partial charge >= 0.3 is 0 Å². The molecule has 0 saturated carbocycles. The number of nitrogens with one attached hydrogen (secondary N) is 1. The minimum absolute atomic E-state index is 0.0531. The smallest absolute Gasteiger partial charge is 0.229 e. The number of carbonyl (C=O) groups is 1. The molecule has 0 aliphatic carbocycles. The van der Waals surface area contributed by atoms with E-state index in [-0.39, 0.29) is 5.91 Å². The Bertz CT molecular complexity index is 419. The molecule has 0 saturated heterocycles. The largest absolute Gasteiger partial charge is 0.326 e. The van der Waals surface area contributed by atoms with Crippen LogP contribution in [0.2, 0.25) is 0 Å². The zero-order chi connectivity index (χ0) is 12.1. The first-order valence-corrected chi connectivity index (χ1v) is 8.28. The molecule has 1 N–H and O–H groups in total. The molecule has 0 aromatic heterocycles. The first kappa shape index (κ1) is 12.9. The van der Waals surface area contributed by atoms with E-state index in [0.717, 1.165) is 10.6 Å². The fourth-order valence-electron chi connectivity index (χ4n) is 1.38. The minimum Gasteiger partial charge on any atom is -0.326 e. The molecule has 1 aliphatic rings. The third-order valence-corrected chi connectivity index (χ3v) is 6.48. The van der Waals surface area contributed by atoms with Crippen molar-refractivity contribution in [2.24, 2.45) is 0 Å². The van der Waals surface area contributed by atoms with Gasteiger partial charge in [0.25, 0.3) is 0 Å². The molecule has 2 nitrogen and oxygen atoms in total. The number of rotatable bonds is 4. The third-order valence-electron chi connectivity index (χ3n) is 2.14. The van der Waals surface area contributed by atoms with Crippen molar-refractivity contribution in [3.63, 3.8) is 0 Å². The summed E-state index contributed by atoms with van der Waals surface area (Å²) in [5.41, 5.74) is 0.857. The molecule has 2 rings (SSSR count). The van der Waals surface area contributed by atoms with Crippen molar-refractivity contribution in [3.8, 4) is 0 Å². The quantitative estimate of drug-likeness (QED) is 0.905. The van der Waals surface area contributed by atoms with Crippen LogP contribution >= 0.6 is 35.3 Å². The van der Waals surface area contributed by atoms with Gasteiger partial charge in [0.2, 0.25) is 5.91 Å². The molecule has 0 bridgehead atoms. The molecule has 0 spiro atoms. The van der Waals surface area contributed by atoms with Gasteiger partial charge in [0.1, 0.15) is 3.91 Å². The van der Waals surface area contributed by atoms with Gasteiger partial charge in [-0.05, 0) is 23.8 Å². The molecule has 5 heteroatoms. The number of carbonyl (C=O) groups excluding carboxylic acids is 1. The Balaban J connectivity index is 1.83. The van der Waals surface area contributed by atoms with Crippen molar-refractivity contribution >= 4 is 46.9 Å². The van der Waals surface area contributed by atoms with E-state index < -0.39 is 0 Å². The van der Waals surface area contributed by atoms with Crippen LogP contribution in [-0.2, 0) is 4.79 Å². The summed E-state index contributed by atoms with van der Waals surface area (Å²) in [6, 6.07) is 9.56. The molecule has 1 amide bonds. The first-order valence-electron chi connectivity index (χ1n) is 5.17. The SMILES string of the molecule is CSC1SC=C(CC(=O)Nc2ccccc2)S1. The van der Waals surface area contributed by atoms with E-state index in [9.17, 15) is 4.79 Å². The summed E-state index contributed by atoms with van der Waals surface area (Å²) in [5, 5.41) is 4.99. The Morgan fingerprint density at radius 3 is 2.82 bits per heavy atom. The van der Waals surface area contributed by atoms with Crippen molar-refractivity contribution in [2.45, 2.75) is 10.3 Å². The molecule has 0 fully saturated rings. The lowest BCUT2D eigenvalue weighted by Gasteiger charge is -2.06. The molecule has 1 aromatic rings. The number of amides is 1. The Morgan fingerprint density at radius 1 is 1.41 bits per heavy atom. The molecule has 1 heterocycles. The Morgan fingerprint density at radius 2 is 2.18 bits per heavy atom. The van der Waals surface area contributed by atoms with Crippen LogP contribution < -0.4 is 5.32 Å². The second-order valence-corrected chi connectivity index (χ2v) is 7.50. The number of hydrogen-bond donors (Lipinski definition) is 1. The fourth-order valence-corrected chi connectivity index (χ4v) is 4.71. The summed E-state index contributed by atoms with van der Waals surface area (Å²) in [6.45, 7) is 0. The average Bonchev–Trinajstić information content (AvgIpc) is 2.78. The first-order chi connectivity index (χ1) is 8.28. The van der Waals surface area contributed by atoms with Crippen molar-refractivity contribution in [1.29, 1.82) is 0 Å². The predicted molar refractivity (Wildman–Crippen MR) is 80.3 cm³/mol. The fraction of sp³-hybridized carbons (Fsp3) is 0.250. The van der Waals surface area contributed by atoms with Gasteiger partial charge in [-0.25, -0.2) is 0 Å². The minimum atomic E-state index is 0.0531. The Kier molecular flexibility index (Phi) is 4.88. The molecule has 1 aliphatic heterocycles. The van der Waals surface area contributed by atoms with Crippen molar-refractivity contribution in [3.05, 3.63) is 40.6 Å². The highest BCUT2D eigenvalue weighted by molar-refractivity contribution is 8.35. The highest BCUT2D eigenvalue weighted by Gasteiger charge is 2.19. The zero-order valence-electron chi connectivity index (χ0n) is 9.38. The van der Waals surface area contributed by atoms with Gasteiger partial charge in [-0.2, -0.15) is 0 Å². The van der Waals surface area contributed by atoms with Gasteiger partial charge in [-0.3, -0.25) is 4.79 Å². The van der Waals surface area contributed by atoms with Gasteiger partial charge in [0.05, 0.1) is 6.42 Å². The predicted octanol–water partition coefficient (Wildman–Crippen LogP) is 3.98. The van der Waals surface area contributed by atoms with Crippen LogP contribution in [0.4, 0.5) is 5.69 Å². The monoisotopic (exact) mass is 283 g/mol. The molecule has 1 aromatic carbocycles. The Hall–Kier alpha value is -0.520. The molecular formula is C12H13NOS3. The van der Waals surface area contributed by atoms with E-state index in [2.05, 4.69) is 17.0 Å². The standard InChI is InChI=1S/C12H13NOS3/c1-15-12-16-8-10(17-12)7-11(14)13-9-5-3-2-4-6-9/h2-6,8,12H,7H2,1H3,(H,13,14). The molecular weight excluding hydrogens is 270 g/mol. The second-order valence-electron chi connectivity index (χ2n) is 3.45. The van der Waals surface area contributed by atoms with Crippen molar-refractivity contribution < 1.29 is 4.79 Å². The number of anilines is 1. The maximum atomic E-state index is 11.8. The lowest BCUT2D eigenvalue weighted by molar-refractivity contribution is -0.115. The van der Waals surface area contributed by atoms with Gasteiger partial charge in [-0.1, -0.05) is 18.2 Å². The molecule has 90 valence electrons. The second kappa shape index (κ2) is 6.42. The van der Waals surface area contributed by atoms with Gasteiger partial charge in [0.15, 0.2) is 0 Å². The third kappa shape index (κ3) is 4.01. The van der Waals surface area contributed by atoms with Crippen LogP contribution in [0.25, 0.3) is 0 Å². The van der Waals surface area contributed by atoms with Crippen LogP contribution in [0.5, 0.6) is 0 Å². The van der Waals surface area contributed by atoms with Gasteiger partial charge in [-0.15, -0.1) is 35.3 Å². The van der Waals surface area contributed by atoms with E-state index in [0.29, 0.717) is 10.3 Å². The average molecular weight is 283 g/mol. The summed E-state index contributed by atoms with van der Waals surface area (Å²) in [6.07, 6.45) is 2.56. The van der Waals surface area contributed by atoms with E-state index in [4.69, 9.17) is 0 Å². The highest BCUT2D eigenvalue weighted by Crippen LogP contribution is 2.46. The zero-order valence-corrected chi connectivity index (χ0v) is 11.8. The summed E-state index contributed by atoms with van der Waals surface area (Å²) in [4.78, 5) is 12.9. The normalized spacial score (nSPS) is 18.9. The maximum Gasteiger partial charge on any atom is 0.229 e. The van der Waals surface area contributed by atoms with E-state index in [1.807, 2.05) is 42.1 Å². The van der Waals surface area contributed by atoms with Crippen molar-refractivity contribution in [1.82, 2.24) is 0 Å². The van der Waals surface area contributed by atoms with E-state index >= 15 is 0 Å². The number of benzene rings is 1. The van der Waals surface area contributed by atoms with Crippen LogP contribution in [0.3, 0.4) is 0 Å². The number of para-hydroxylation sites is 1. The topological polar surface area (TPSA) is 29.1 Å².